The average molecular weight is 453 g/mol. The molecule has 0 saturated carbocycles. The van der Waals surface area contributed by atoms with Crippen molar-refractivity contribution < 1.29 is 9.47 Å². The third kappa shape index (κ3) is 3.36. The first-order valence-corrected chi connectivity index (χ1v) is 12.4. The summed E-state index contributed by atoms with van der Waals surface area (Å²) in [7, 11) is 0. The number of benzene rings is 1. The molecule has 0 bridgehead atoms. The van der Waals surface area contributed by atoms with Gasteiger partial charge in [0.15, 0.2) is 11.5 Å². The molecule has 168 valence electrons. The molecule has 6 rings (SSSR count). The van der Waals surface area contributed by atoms with Crippen LogP contribution in [0.2, 0.25) is 0 Å². The van der Waals surface area contributed by atoms with Gasteiger partial charge in [0.05, 0.1) is 5.39 Å². The second kappa shape index (κ2) is 8.08. The van der Waals surface area contributed by atoms with Crippen LogP contribution in [-0.4, -0.2) is 47.4 Å². The van der Waals surface area contributed by atoms with E-state index in [1.807, 2.05) is 17.6 Å². The minimum absolute atomic E-state index is 0.148. The van der Waals surface area contributed by atoms with Crippen molar-refractivity contribution in [1.82, 2.24) is 14.5 Å². The van der Waals surface area contributed by atoms with Crippen molar-refractivity contribution in [1.29, 1.82) is 0 Å². The van der Waals surface area contributed by atoms with E-state index >= 15 is 0 Å². The zero-order valence-electron chi connectivity index (χ0n) is 18.4. The lowest BCUT2D eigenvalue weighted by atomic mass is 9.97. The predicted molar refractivity (Wildman–Crippen MR) is 126 cm³/mol. The van der Waals surface area contributed by atoms with Crippen molar-refractivity contribution in [2.75, 3.05) is 37.9 Å². The van der Waals surface area contributed by atoms with Crippen LogP contribution in [0.15, 0.2) is 23.0 Å². The summed E-state index contributed by atoms with van der Waals surface area (Å²) in [6.45, 7) is 7.50. The Labute approximate surface area is 191 Å². The molecule has 0 amide bonds. The fourth-order valence-electron chi connectivity index (χ4n) is 5.16. The molecule has 0 atom stereocenters. The van der Waals surface area contributed by atoms with Gasteiger partial charge in [0.25, 0.3) is 5.56 Å². The Hall–Kier alpha value is -2.58. The van der Waals surface area contributed by atoms with Gasteiger partial charge in [0.2, 0.25) is 12.7 Å². The average Bonchev–Trinajstić information content (AvgIpc) is 3.43. The number of piperazine rings is 1. The highest BCUT2D eigenvalue weighted by molar-refractivity contribution is 7.18. The number of hydrogen-bond acceptors (Lipinski definition) is 7. The van der Waals surface area contributed by atoms with Crippen molar-refractivity contribution >= 4 is 27.5 Å². The number of ether oxygens (including phenoxy) is 2. The third-order valence-corrected chi connectivity index (χ3v) is 8.05. The molecule has 3 aliphatic rings. The maximum absolute atomic E-state index is 13.4. The van der Waals surface area contributed by atoms with E-state index in [4.69, 9.17) is 14.5 Å². The van der Waals surface area contributed by atoms with E-state index in [1.54, 1.807) is 11.3 Å². The zero-order chi connectivity index (χ0) is 21.7. The molecule has 3 aromatic rings. The standard InChI is InChI=1S/C24H28N4O3S/c1-2-28-23(29)21-17-5-3-4-6-20(17)32-22(21)25-24(28)27-11-9-26(10-12-27)14-16-7-8-18-19(13-16)31-15-30-18/h7-8,13H,2-6,9-12,14-15H2,1H3. The highest BCUT2D eigenvalue weighted by Crippen LogP contribution is 2.35. The van der Waals surface area contributed by atoms with Crippen LogP contribution in [0.4, 0.5) is 5.95 Å². The van der Waals surface area contributed by atoms with Crippen LogP contribution in [0, 0.1) is 0 Å². The van der Waals surface area contributed by atoms with E-state index in [2.05, 4.69) is 21.9 Å². The fourth-order valence-corrected chi connectivity index (χ4v) is 6.40. The zero-order valence-corrected chi connectivity index (χ0v) is 19.2. The van der Waals surface area contributed by atoms with Gasteiger partial charge >= 0.3 is 0 Å². The molecule has 1 aliphatic carbocycles. The molecule has 0 N–H and O–H groups in total. The molecule has 2 aromatic heterocycles. The van der Waals surface area contributed by atoms with Crippen molar-refractivity contribution in [3.05, 3.63) is 44.6 Å². The number of anilines is 1. The number of hydrogen-bond donors (Lipinski definition) is 0. The number of nitrogens with zero attached hydrogens (tertiary/aromatic N) is 4. The van der Waals surface area contributed by atoms with Gasteiger partial charge in [-0.05, 0) is 55.9 Å². The molecule has 4 heterocycles. The highest BCUT2D eigenvalue weighted by Gasteiger charge is 2.26. The van der Waals surface area contributed by atoms with Crippen LogP contribution >= 0.6 is 11.3 Å². The minimum atomic E-state index is 0.148. The number of aromatic nitrogens is 2. The minimum Gasteiger partial charge on any atom is -0.454 e. The molecule has 8 heteroatoms. The Morgan fingerprint density at radius 3 is 2.72 bits per heavy atom. The van der Waals surface area contributed by atoms with Gasteiger partial charge in [0.1, 0.15) is 4.83 Å². The van der Waals surface area contributed by atoms with Crippen LogP contribution in [-0.2, 0) is 25.9 Å². The van der Waals surface area contributed by atoms with E-state index in [-0.39, 0.29) is 5.56 Å². The van der Waals surface area contributed by atoms with Crippen LogP contribution in [0.1, 0.15) is 35.8 Å². The number of fused-ring (bicyclic) bond motifs is 4. The monoisotopic (exact) mass is 452 g/mol. The van der Waals surface area contributed by atoms with Gasteiger partial charge < -0.3 is 14.4 Å². The summed E-state index contributed by atoms with van der Waals surface area (Å²) in [6, 6.07) is 6.19. The Bertz CT molecular complexity index is 1230. The molecular formula is C24H28N4O3S. The van der Waals surface area contributed by atoms with Crippen LogP contribution in [0.5, 0.6) is 11.5 Å². The van der Waals surface area contributed by atoms with Gasteiger partial charge in [-0.2, -0.15) is 0 Å². The lowest BCUT2D eigenvalue weighted by molar-refractivity contribution is 0.174. The molecule has 0 unspecified atom stereocenters. The van der Waals surface area contributed by atoms with Crippen molar-refractivity contribution in [2.24, 2.45) is 0 Å². The molecule has 32 heavy (non-hydrogen) atoms. The van der Waals surface area contributed by atoms with Gasteiger partial charge in [-0.25, -0.2) is 4.98 Å². The summed E-state index contributed by atoms with van der Waals surface area (Å²) < 4.78 is 12.8. The van der Waals surface area contributed by atoms with E-state index in [0.29, 0.717) is 13.3 Å². The lowest BCUT2D eigenvalue weighted by Gasteiger charge is -2.36. The summed E-state index contributed by atoms with van der Waals surface area (Å²) in [6.07, 6.45) is 4.51. The summed E-state index contributed by atoms with van der Waals surface area (Å²) in [5.41, 5.74) is 2.66. The van der Waals surface area contributed by atoms with Gasteiger partial charge in [-0.3, -0.25) is 14.3 Å². The smallest absolute Gasteiger partial charge is 0.263 e. The molecule has 1 fully saturated rings. The Morgan fingerprint density at radius 1 is 1.06 bits per heavy atom. The molecular weight excluding hydrogens is 424 g/mol. The van der Waals surface area contributed by atoms with Crippen molar-refractivity contribution in [3.8, 4) is 11.5 Å². The Balaban J connectivity index is 1.22. The third-order valence-electron chi connectivity index (χ3n) is 6.87. The predicted octanol–water partition coefficient (Wildman–Crippen LogP) is 3.41. The molecule has 7 nitrogen and oxygen atoms in total. The van der Waals surface area contributed by atoms with E-state index in [1.165, 1.54) is 28.8 Å². The highest BCUT2D eigenvalue weighted by atomic mass is 32.1. The summed E-state index contributed by atoms with van der Waals surface area (Å²) in [5, 5.41) is 0.886. The molecule has 0 radical (unpaired) electrons. The normalized spacial score (nSPS) is 18.3. The van der Waals surface area contributed by atoms with E-state index in [9.17, 15) is 4.79 Å². The molecule has 1 saturated heterocycles. The molecule has 2 aliphatic heterocycles. The maximum Gasteiger partial charge on any atom is 0.263 e. The molecule has 1 aromatic carbocycles. The first-order chi connectivity index (χ1) is 15.7. The van der Waals surface area contributed by atoms with Gasteiger partial charge in [0, 0.05) is 44.1 Å². The SMILES string of the molecule is CCn1c(N2CCN(Cc3ccc4c(c3)OCO4)CC2)nc2sc3c(c2c1=O)CCCC3. The summed E-state index contributed by atoms with van der Waals surface area (Å²) in [4.78, 5) is 25.5. The largest absolute Gasteiger partial charge is 0.454 e. The van der Waals surface area contributed by atoms with E-state index < -0.39 is 0 Å². The Kier molecular flexibility index (Phi) is 5.07. The van der Waals surface area contributed by atoms with Crippen LogP contribution in [0.3, 0.4) is 0 Å². The number of rotatable bonds is 4. The number of thiophene rings is 1. The first kappa shape index (κ1) is 20.1. The first-order valence-electron chi connectivity index (χ1n) is 11.6. The maximum atomic E-state index is 13.4. The van der Waals surface area contributed by atoms with Crippen molar-refractivity contribution in [2.45, 2.75) is 45.7 Å². The summed E-state index contributed by atoms with van der Waals surface area (Å²) >= 11 is 1.74. The van der Waals surface area contributed by atoms with Crippen molar-refractivity contribution in [3.63, 3.8) is 0 Å². The molecule has 0 spiro atoms. The van der Waals surface area contributed by atoms with E-state index in [0.717, 1.165) is 73.2 Å². The Morgan fingerprint density at radius 2 is 1.88 bits per heavy atom. The van der Waals surface area contributed by atoms with Crippen LogP contribution in [0.25, 0.3) is 10.2 Å². The topological polar surface area (TPSA) is 59.8 Å². The van der Waals surface area contributed by atoms with Crippen LogP contribution < -0.4 is 19.9 Å². The second-order valence-corrected chi connectivity index (χ2v) is 9.89. The summed E-state index contributed by atoms with van der Waals surface area (Å²) in [5.74, 6) is 2.50. The fraction of sp³-hybridized carbons (Fsp3) is 0.500. The number of aryl methyl sites for hydroxylation is 2. The quantitative estimate of drug-likeness (QED) is 0.605. The van der Waals surface area contributed by atoms with Gasteiger partial charge in [-0.1, -0.05) is 6.07 Å². The van der Waals surface area contributed by atoms with Gasteiger partial charge in [-0.15, -0.1) is 11.3 Å². The second-order valence-electron chi connectivity index (χ2n) is 8.80. The lowest BCUT2D eigenvalue weighted by Crippen LogP contribution is -2.48.